The molecule has 5 nitrogen and oxygen atoms in total. The second-order valence-electron chi connectivity index (χ2n) is 6.17. The van der Waals surface area contributed by atoms with E-state index >= 15 is 0 Å². The summed E-state index contributed by atoms with van der Waals surface area (Å²) in [5.74, 6) is -0.940. The van der Waals surface area contributed by atoms with Crippen LogP contribution < -0.4 is 0 Å². The number of hydrogen-bond acceptors (Lipinski definition) is 4. The third-order valence-electron chi connectivity index (χ3n) is 3.82. The van der Waals surface area contributed by atoms with Crippen molar-refractivity contribution in [2.24, 2.45) is 0 Å². The number of aliphatic hydroxyl groups excluding tert-OH is 3. The summed E-state index contributed by atoms with van der Waals surface area (Å²) in [5, 5.41) is 37.8. The molecular weight excluding hydrogens is 320 g/mol. The van der Waals surface area contributed by atoms with Crippen molar-refractivity contribution in [3.63, 3.8) is 0 Å². The van der Waals surface area contributed by atoms with Crippen LogP contribution in [0.15, 0.2) is 36.5 Å². The van der Waals surface area contributed by atoms with Crippen molar-refractivity contribution in [1.29, 1.82) is 0 Å². The molecule has 0 heterocycles. The fraction of sp³-hybridized carbons (Fsp3) is 0.650. The van der Waals surface area contributed by atoms with Gasteiger partial charge >= 0.3 is 5.97 Å². The SMILES string of the molecule is CCCCC/C=C\C/C=C\C/C=C\C(O)C(O)C(O)CCCC(=O)O. The summed E-state index contributed by atoms with van der Waals surface area (Å²) in [7, 11) is 0. The predicted molar refractivity (Wildman–Crippen MR) is 100 cm³/mol. The Morgan fingerprint density at radius 3 is 2.20 bits per heavy atom. The standard InChI is InChI=1S/C20H34O5/c1-2-3-4-5-6-7-8-9-10-11-12-14-17(21)20(25)18(22)15-13-16-19(23)24/h6-7,9-10,12,14,17-18,20-22,25H,2-5,8,11,13,15-16H2,1H3,(H,23,24)/b7-6-,10-9-,14-12-. The molecule has 144 valence electrons. The number of carbonyl (C=O) groups is 1. The molecule has 0 aliphatic rings. The van der Waals surface area contributed by atoms with Gasteiger partial charge in [0.2, 0.25) is 0 Å². The smallest absolute Gasteiger partial charge is 0.303 e. The van der Waals surface area contributed by atoms with Gasteiger partial charge in [-0.05, 0) is 38.5 Å². The number of unbranched alkanes of at least 4 members (excludes halogenated alkanes) is 3. The maximum absolute atomic E-state index is 10.4. The van der Waals surface area contributed by atoms with Gasteiger partial charge in [-0.25, -0.2) is 0 Å². The molecule has 0 aromatic rings. The molecule has 5 heteroatoms. The molecule has 0 rings (SSSR count). The molecule has 25 heavy (non-hydrogen) atoms. The molecule has 0 radical (unpaired) electrons. The maximum atomic E-state index is 10.4. The van der Waals surface area contributed by atoms with Crippen LogP contribution in [0, 0.1) is 0 Å². The Bertz CT molecular complexity index is 414. The van der Waals surface area contributed by atoms with Gasteiger partial charge in [-0.3, -0.25) is 4.79 Å². The quantitative estimate of drug-likeness (QED) is 0.267. The summed E-state index contributed by atoms with van der Waals surface area (Å²) in [6.07, 6.45) is 14.7. The van der Waals surface area contributed by atoms with Crippen LogP contribution in [0.3, 0.4) is 0 Å². The third kappa shape index (κ3) is 14.6. The molecule has 0 aliphatic carbocycles. The van der Waals surface area contributed by atoms with Crippen LogP contribution in [-0.4, -0.2) is 44.7 Å². The minimum absolute atomic E-state index is 0.0619. The first kappa shape index (κ1) is 23.6. The summed E-state index contributed by atoms with van der Waals surface area (Å²) in [5.41, 5.74) is 0. The molecule has 0 aliphatic heterocycles. The van der Waals surface area contributed by atoms with Crippen LogP contribution in [0.4, 0.5) is 0 Å². The van der Waals surface area contributed by atoms with Crippen LogP contribution >= 0.6 is 0 Å². The van der Waals surface area contributed by atoms with Crippen LogP contribution in [0.5, 0.6) is 0 Å². The number of aliphatic hydroxyl groups is 3. The zero-order valence-corrected chi connectivity index (χ0v) is 15.3. The van der Waals surface area contributed by atoms with Crippen molar-refractivity contribution in [3.05, 3.63) is 36.5 Å². The molecule has 0 amide bonds. The number of rotatable bonds is 15. The van der Waals surface area contributed by atoms with E-state index in [1.807, 2.05) is 12.2 Å². The van der Waals surface area contributed by atoms with Crippen molar-refractivity contribution < 1.29 is 25.2 Å². The molecular formula is C20H34O5. The van der Waals surface area contributed by atoms with Gasteiger partial charge in [0.25, 0.3) is 0 Å². The molecule has 4 N–H and O–H groups in total. The highest BCUT2D eigenvalue weighted by Gasteiger charge is 2.22. The summed E-state index contributed by atoms with van der Waals surface area (Å²) < 4.78 is 0. The lowest BCUT2D eigenvalue weighted by Crippen LogP contribution is -2.36. The second-order valence-corrected chi connectivity index (χ2v) is 6.17. The Labute approximate surface area is 151 Å². The van der Waals surface area contributed by atoms with E-state index < -0.39 is 24.3 Å². The second kappa shape index (κ2) is 16.1. The minimum Gasteiger partial charge on any atom is -0.481 e. The van der Waals surface area contributed by atoms with Gasteiger partial charge in [-0.2, -0.15) is 0 Å². The largest absolute Gasteiger partial charge is 0.481 e. The van der Waals surface area contributed by atoms with Gasteiger partial charge < -0.3 is 20.4 Å². The zero-order chi connectivity index (χ0) is 18.9. The first-order valence-corrected chi connectivity index (χ1v) is 9.21. The van der Waals surface area contributed by atoms with Crippen molar-refractivity contribution >= 4 is 5.97 Å². The Balaban J connectivity index is 3.87. The number of carboxylic acid groups (broad SMARTS) is 1. The number of aliphatic carboxylic acids is 1. The lowest BCUT2D eigenvalue weighted by molar-refractivity contribution is -0.137. The monoisotopic (exact) mass is 354 g/mol. The fourth-order valence-electron chi connectivity index (χ4n) is 2.27. The van der Waals surface area contributed by atoms with Crippen molar-refractivity contribution in [2.45, 2.75) is 83.0 Å². The first-order valence-electron chi connectivity index (χ1n) is 9.21. The first-order chi connectivity index (χ1) is 12.0. The van der Waals surface area contributed by atoms with Gasteiger partial charge in [-0.1, -0.05) is 56.2 Å². The highest BCUT2D eigenvalue weighted by Crippen LogP contribution is 2.10. The van der Waals surface area contributed by atoms with E-state index in [0.29, 0.717) is 6.42 Å². The molecule has 0 spiro atoms. The van der Waals surface area contributed by atoms with Crippen molar-refractivity contribution in [1.82, 2.24) is 0 Å². The molecule has 0 fully saturated rings. The van der Waals surface area contributed by atoms with E-state index in [0.717, 1.165) is 12.8 Å². The summed E-state index contributed by atoms with van der Waals surface area (Å²) >= 11 is 0. The average molecular weight is 354 g/mol. The molecule has 0 saturated heterocycles. The summed E-state index contributed by atoms with van der Waals surface area (Å²) in [6.45, 7) is 2.19. The van der Waals surface area contributed by atoms with E-state index in [2.05, 4.69) is 19.1 Å². The van der Waals surface area contributed by atoms with Crippen molar-refractivity contribution in [3.8, 4) is 0 Å². The number of carboxylic acids is 1. The molecule has 0 saturated carbocycles. The molecule has 0 bridgehead atoms. The number of allylic oxidation sites excluding steroid dienone is 5. The topological polar surface area (TPSA) is 98.0 Å². The summed E-state index contributed by atoms with van der Waals surface area (Å²) in [6, 6.07) is 0. The van der Waals surface area contributed by atoms with Crippen LogP contribution in [-0.2, 0) is 4.79 Å². The number of hydrogen-bond donors (Lipinski definition) is 4. The average Bonchev–Trinajstić information content (AvgIpc) is 2.58. The Morgan fingerprint density at radius 1 is 0.920 bits per heavy atom. The highest BCUT2D eigenvalue weighted by molar-refractivity contribution is 5.66. The Hall–Kier alpha value is -1.43. The zero-order valence-electron chi connectivity index (χ0n) is 15.3. The highest BCUT2D eigenvalue weighted by atomic mass is 16.4. The van der Waals surface area contributed by atoms with E-state index in [9.17, 15) is 20.1 Å². The van der Waals surface area contributed by atoms with Crippen molar-refractivity contribution in [2.75, 3.05) is 0 Å². The van der Waals surface area contributed by atoms with Gasteiger partial charge in [-0.15, -0.1) is 0 Å². The van der Waals surface area contributed by atoms with Gasteiger partial charge in [0, 0.05) is 6.42 Å². The normalized spacial score (nSPS) is 16.0. The minimum atomic E-state index is -1.31. The van der Waals surface area contributed by atoms with Gasteiger partial charge in [0.05, 0.1) is 6.10 Å². The Kier molecular flexibility index (Phi) is 15.1. The van der Waals surface area contributed by atoms with Crippen LogP contribution in [0.25, 0.3) is 0 Å². The Morgan fingerprint density at radius 2 is 1.56 bits per heavy atom. The molecule has 3 atom stereocenters. The van der Waals surface area contributed by atoms with E-state index in [1.165, 1.54) is 25.3 Å². The van der Waals surface area contributed by atoms with E-state index in [-0.39, 0.29) is 19.3 Å². The van der Waals surface area contributed by atoms with Crippen LogP contribution in [0.1, 0.15) is 64.7 Å². The maximum Gasteiger partial charge on any atom is 0.303 e. The molecule has 0 aromatic heterocycles. The third-order valence-corrected chi connectivity index (χ3v) is 3.82. The van der Waals surface area contributed by atoms with E-state index in [1.54, 1.807) is 6.08 Å². The van der Waals surface area contributed by atoms with Gasteiger partial charge in [0.15, 0.2) is 0 Å². The molecule has 0 aromatic carbocycles. The van der Waals surface area contributed by atoms with E-state index in [4.69, 9.17) is 5.11 Å². The predicted octanol–water partition coefficient (Wildman–Crippen LogP) is 3.35. The lowest BCUT2D eigenvalue weighted by Gasteiger charge is -2.20. The fourth-order valence-corrected chi connectivity index (χ4v) is 2.27. The molecule has 3 unspecified atom stereocenters. The van der Waals surface area contributed by atoms with Gasteiger partial charge in [0.1, 0.15) is 12.2 Å². The summed E-state index contributed by atoms with van der Waals surface area (Å²) in [4.78, 5) is 10.4. The van der Waals surface area contributed by atoms with Crippen LogP contribution in [0.2, 0.25) is 0 Å². The lowest BCUT2D eigenvalue weighted by atomic mass is 10.0.